The molecule has 0 radical (unpaired) electrons. The molecule has 0 saturated heterocycles. The number of hydrogen-bond acceptors (Lipinski definition) is 2. The van der Waals surface area contributed by atoms with E-state index in [2.05, 4.69) is 105 Å². The highest BCUT2D eigenvalue weighted by atomic mass is 14.9. The molecule has 0 fully saturated rings. The third-order valence-electron chi connectivity index (χ3n) is 6.22. The molecule has 0 aliphatic rings. The van der Waals surface area contributed by atoms with Gasteiger partial charge in [0.25, 0.3) is 0 Å². The molecule has 4 heteroatoms. The lowest BCUT2D eigenvalue weighted by Crippen LogP contribution is -2.28. The lowest BCUT2D eigenvalue weighted by molar-refractivity contribution is -0.595. The van der Waals surface area contributed by atoms with Crippen molar-refractivity contribution in [3.8, 4) is 45.0 Å². The van der Waals surface area contributed by atoms with Crippen LogP contribution in [0.5, 0.6) is 0 Å². The quantitative estimate of drug-likeness (QED) is 0.292. The minimum absolute atomic E-state index is 0.851. The first-order valence-corrected chi connectivity index (χ1v) is 11.9. The van der Waals surface area contributed by atoms with Gasteiger partial charge in [0.2, 0.25) is 11.4 Å². The monoisotopic (exact) mass is 464 g/mol. The first-order chi connectivity index (χ1) is 17.8. The Kier molecular flexibility index (Phi) is 5.83. The molecule has 0 spiro atoms. The molecule has 0 saturated carbocycles. The Morgan fingerprint density at radius 2 is 0.778 bits per heavy atom. The van der Waals surface area contributed by atoms with Crippen LogP contribution < -0.4 is 9.13 Å². The van der Waals surface area contributed by atoms with Crippen LogP contribution in [0.3, 0.4) is 0 Å². The molecule has 0 bridgehead atoms. The van der Waals surface area contributed by atoms with E-state index in [1.165, 1.54) is 0 Å². The number of pyridine rings is 4. The summed E-state index contributed by atoms with van der Waals surface area (Å²) in [7, 11) is 0. The van der Waals surface area contributed by atoms with Crippen molar-refractivity contribution in [1.82, 2.24) is 9.97 Å². The molecule has 2 aromatic carbocycles. The first kappa shape index (κ1) is 21.6. The van der Waals surface area contributed by atoms with Crippen LogP contribution in [0.4, 0.5) is 0 Å². The van der Waals surface area contributed by atoms with Crippen molar-refractivity contribution in [1.29, 1.82) is 0 Å². The van der Waals surface area contributed by atoms with Gasteiger partial charge in [-0.15, -0.1) is 0 Å². The summed E-state index contributed by atoms with van der Waals surface area (Å²) in [6, 6.07) is 37.4. The Labute approximate surface area is 210 Å². The fourth-order valence-corrected chi connectivity index (χ4v) is 4.28. The minimum Gasteiger partial charge on any atom is -0.255 e. The predicted molar refractivity (Wildman–Crippen MR) is 141 cm³/mol. The predicted octanol–water partition coefficient (Wildman–Crippen LogP) is 6.03. The second-order valence-corrected chi connectivity index (χ2v) is 8.52. The zero-order valence-electron chi connectivity index (χ0n) is 19.6. The molecule has 0 amide bonds. The Morgan fingerprint density at radius 3 is 1.17 bits per heavy atom. The van der Waals surface area contributed by atoms with E-state index >= 15 is 0 Å². The maximum Gasteiger partial charge on any atom is 0.210 e. The van der Waals surface area contributed by atoms with Gasteiger partial charge in [-0.05, 0) is 46.5 Å². The molecule has 4 aromatic heterocycles. The summed E-state index contributed by atoms with van der Waals surface area (Å²) in [5, 5.41) is 0. The fraction of sp³-hybridized carbons (Fsp3) is 0. The Morgan fingerprint density at radius 1 is 0.389 bits per heavy atom. The van der Waals surface area contributed by atoms with Crippen molar-refractivity contribution in [2.24, 2.45) is 0 Å². The smallest absolute Gasteiger partial charge is 0.210 e. The van der Waals surface area contributed by atoms with Gasteiger partial charge in [0, 0.05) is 60.9 Å². The molecule has 4 heterocycles. The maximum atomic E-state index is 4.62. The molecule has 4 nitrogen and oxygen atoms in total. The van der Waals surface area contributed by atoms with Crippen molar-refractivity contribution in [2.75, 3.05) is 0 Å². The normalized spacial score (nSPS) is 10.8. The van der Waals surface area contributed by atoms with Crippen LogP contribution in [0.25, 0.3) is 45.0 Å². The van der Waals surface area contributed by atoms with Gasteiger partial charge in [0.1, 0.15) is 0 Å². The van der Waals surface area contributed by atoms with Crippen molar-refractivity contribution in [2.45, 2.75) is 0 Å². The molecule has 36 heavy (non-hydrogen) atoms. The third kappa shape index (κ3) is 4.52. The molecular weight excluding hydrogens is 440 g/mol. The second-order valence-electron chi connectivity index (χ2n) is 8.52. The molecule has 0 atom stereocenters. The van der Waals surface area contributed by atoms with E-state index < -0.39 is 0 Å². The van der Waals surface area contributed by atoms with Crippen molar-refractivity contribution in [3.63, 3.8) is 0 Å². The minimum atomic E-state index is 0.851. The number of hydrogen-bond donors (Lipinski definition) is 0. The van der Waals surface area contributed by atoms with E-state index in [0.29, 0.717) is 0 Å². The summed E-state index contributed by atoms with van der Waals surface area (Å²) in [4.78, 5) is 9.23. The highest BCUT2D eigenvalue weighted by Gasteiger charge is 2.10. The zero-order chi connectivity index (χ0) is 24.2. The zero-order valence-corrected chi connectivity index (χ0v) is 19.6. The van der Waals surface area contributed by atoms with Crippen molar-refractivity contribution >= 4 is 0 Å². The number of benzene rings is 2. The highest BCUT2D eigenvalue weighted by molar-refractivity contribution is 5.72. The lowest BCUT2D eigenvalue weighted by atomic mass is 10.0. The fourth-order valence-electron chi connectivity index (χ4n) is 4.28. The van der Waals surface area contributed by atoms with Gasteiger partial charge in [0.15, 0.2) is 24.8 Å². The average molecular weight is 465 g/mol. The van der Waals surface area contributed by atoms with Crippen LogP contribution in [-0.4, -0.2) is 9.97 Å². The molecule has 6 aromatic rings. The molecule has 0 aliphatic carbocycles. The van der Waals surface area contributed by atoms with Crippen LogP contribution in [0.1, 0.15) is 0 Å². The van der Waals surface area contributed by atoms with Gasteiger partial charge in [-0.2, -0.15) is 9.13 Å². The lowest BCUT2D eigenvalue weighted by Gasteiger charge is -2.07. The van der Waals surface area contributed by atoms with Gasteiger partial charge in [-0.3, -0.25) is 9.97 Å². The molecule has 0 N–H and O–H groups in total. The number of rotatable bonds is 5. The van der Waals surface area contributed by atoms with Crippen LogP contribution >= 0.6 is 0 Å². The largest absolute Gasteiger partial charge is 0.255 e. The van der Waals surface area contributed by atoms with Gasteiger partial charge in [-0.1, -0.05) is 36.4 Å². The first-order valence-electron chi connectivity index (χ1n) is 11.9. The van der Waals surface area contributed by atoms with E-state index in [1.807, 2.05) is 60.9 Å². The summed E-state index contributed by atoms with van der Waals surface area (Å²) < 4.78 is 4.22. The summed E-state index contributed by atoms with van der Waals surface area (Å²) >= 11 is 0. The van der Waals surface area contributed by atoms with Gasteiger partial charge in [-0.25, -0.2) is 0 Å². The van der Waals surface area contributed by atoms with E-state index in [9.17, 15) is 0 Å². The van der Waals surface area contributed by atoms with Crippen LogP contribution in [0.15, 0.2) is 146 Å². The summed E-state index contributed by atoms with van der Waals surface area (Å²) in [5.41, 5.74) is 8.46. The Bertz CT molecular complexity index is 1470. The Balaban J connectivity index is 1.27. The number of nitrogens with zero attached hydrogens (tertiary/aromatic N) is 4. The van der Waals surface area contributed by atoms with E-state index in [4.69, 9.17) is 0 Å². The summed E-state index contributed by atoms with van der Waals surface area (Å²) in [6.07, 6.45) is 12.0. The van der Waals surface area contributed by atoms with E-state index in [-0.39, 0.29) is 0 Å². The van der Waals surface area contributed by atoms with Crippen molar-refractivity contribution in [3.05, 3.63) is 146 Å². The van der Waals surface area contributed by atoms with E-state index in [0.717, 1.165) is 45.0 Å². The highest BCUT2D eigenvalue weighted by Crippen LogP contribution is 2.26. The third-order valence-corrected chi connectivity index (χ3v) is 6.22. The van der Waals surface area contributed by atoms with Gasteiger partial charge < -0.3 is 0 Å². The Hall–Kier alpha value is -4.96. The molecule has 170 valence electrons. The van der Waals surface area contributed by atoms with Crippen LogP contribution in [0.2, 0.25) is 0 Å². The van der Waals surface area contributed by atoms with Crippen molar-refractivity contribution < 1.29 is 9.13 Å². The van der Waals surface area contributed by atoms with Crippen LogP contribution in [0, 0.1) is 0 Å². The number of aromatic nitrogens is 4. The molecular formula is C32H24N4+2. The van der Waals surface area contributed by atoms with E-state index in [1.54, 1.807) is 0 Å². The SMILES string of the molecule is c1ccc(-[n+]2ccc(-c3ccnc(-c4cc(-c5cc[n+](-c6ccccc6)cc5)ccn4)c3)cc2)cc1. The average Bonchev–Trinajstić information content (AvgIpc) is 2.98. The topological polar surface area (TPSA) is 33.5 Å². The number of para-hydroxylation sites is 2. The van der Waals surface area contributed by atoms with Crippen LogP contribution in [-0.2, 0) is 0 Å². The standard InChI is InChI=1S/C32H24N4/c1-3-7-29(8-4-1)35-19-13-25(14-20-35)27-11-17-33-31(23-27)32-24-28(12-18-34-32)26-15-21-36(22-16-26)30-9-5-2-6-10-30/h1-24H/q+2. The molecule has 0 aliphatic heterocycles. The van der Waals surface area contributed by atoms with Gasteiger partial charge in [0.05, 0.1) is 11.4 Å². The maximum absolute atomic E-state index is 4.62. The second kappa shape index (κ2) is 9.72. The summed E-state index contributed by atoms with van der Waals surface area (Å²) in [6.45, 7) is 0. The molecule has 0 unspecified atom stereocenters. The molecule has 6 rings (SSSR count). The van der Waals surface area contributed by atoms with Gasteiger partial charge >= 0.3 is 0 Å². The summed E-state index contributed by atoms with van der Waals surface area (Å²) in [5.74, 6) is 0.